The van der Waals surface area contributed by atoms with Crippen LogP contribution >= 0.6 is 15.9 Å². The molecule has 0 aromatic heterocycles. The van der Waals surface area contributed by atoms with Gasteiger partial charge in [0.15, 0.2) is 0 Å². The van der Waals surface area contributed by atoms with E-state index >= 15 is 0 Å². The van der Waals surface area contributed by atoms with Gasteiger partial charge in [-0.05, 0) is 18.4 Å². The Hall–Kier alpha value is -0.450. The minimum Gasteiger partial charge on any atom is -0.410 e. The van der Waals surface area contributed by atoms with E-state index in [0.29, 0.717) is 23.2 Å². The van der Waals surface area contributed by atoms with Crippen LogP contribution < -0.4 is 0 Å². The van der Waals surface area contributed by atoms with Crippen LogP contribution in [-0.4, -0.2) is 6.36 Å². The van der Waals surface area contributed by atoms with Gasteiger partial charge in [0.2, 0.25) is 0 Å². The molecule has 0 radical (unpaired) electrons. The van der Waals surface area contributed by atoms with Crippen LogP contribution in [0.2, 0.25) is 0 Å². The maximum Gasteiger partial charge on any atom is 0.572 e. The number of alkyl halides is 3. The molecule has 86 valence electrons. The van der Waals surface area contributed by atoms with Gasteiger partial charge in [-0.15, -0.1) is 13.2 Å². The van der Waals surface area contributed by atoms with E-state index in [2.05, 4.69) is 20.7 Å². The molecule has 0 amide bonds. The highest BCUT2D eigenvalue weighted by Gasteiger charge is 2.32. The fraction of sp³-hybridized carbons (Fsp3) is 0.600. The monoisotopic (exact) mass is 284 g/mol. The van der Waals surface area contributed by atoms with E-state index < -0.39 is 6.36 Å². The summed E-state index contributed by atoms with van der Waals surface area (Å²) in [6.07, 6.45) is -2.26. The highest BCUT2D eigenvalue weighted by Crippen LogP contribution is 2.34. The molecule has 0 saturated carbocycles. The maximum absolute atomic E-state index is 11.9. The highest BCUT2D eigenvalue weighted by molar-refractivity contribution is 9.11. The van der Waals surface area contributed by atoms with Gasteiger partial charge in [-0.3, -0.25) is 0 Å². The summed E-state index contributed by atoms with van der Waals surface area (Å²) < 4.78 is 40.4. The topological polar surface area (TPSA) is 9.23 Å². The van der Waals surface area contributed by atoms with Crippen LogP contribution in [0.25, 0.3) is 0 Å². The second kappa shape index (κ2) is 4.60. The molecular weight excluding hydrogens is 273 g/mol. The van der Waals surface area contributed by atoms with E-state index in [1.165, 1.54) is 6.08 Å². The molecule has 0 fully saturated rings. The smallest absolute Gasteiger partial charge is 0.410 e. The lowest BCUT2D eigenvalue weighted by atomic mass is 9.94. The first-order chi connectivity index (χ1) is 6.79. The van der Waals surface area contributed by atoms with Crippen LogP contribution in [-0.2, 0) is 4.74 Å². The quantitative estimate of drug-likeness (QED) is 0.725. The molecule has 0 aliphatic heterocycles. The van der Waals surface area contributed by atoms with E-state index in [4.69, 9.17) is 0 Å². The van der Waals surface area contributed by atoms with Gasteiger partial charge in [-0.1, -0.05) is 35.4 Å². The fourth-order valence-electron chi connectivity index (χ4n) is 1.48. The lowest BCUT2D eigenvalue weighted by Crippen LogP contribution is -2.15. The average Bonchev–Trinajstić information content (AvgIpc) is 1.99. The van der Waals surface area contributed by atoms with E-state index in [1.807, 2.05) is 13.8 Å². The van der Waals surface area contributed by atoms with E-state index in [9.17, 15) is 13.2 Å². The molecule has 0 N–H and O–H groups in total. The Morgan fingerprint density at radius 1 is 1.33 bits per heavy atom. The van der Waals surface area contributed by atoms with Crippen molar-refractivity contribution in [2.45, 2.75) is 33.1 Å². The Kier molecular flexibility index (Phi) is 3.87. The van der Waals surface area contributed by atoms with Gasteiger partial charge in [0, 0.05) is 10.9 Å². The maximum atomic E-state index is 11.9. The number of hydrogen-bond donors (Lipinski definition) is 0. The summed E-state index contributed by atoms with van der Waals surface area (Å²) in [4.78, 5) is 0. The normalized spacial score (nSPS) is 18.2. The molecule has 0 saturated heterocycles. The molecule has 1 aliphatic carbocycles. The zero-order chi connectivity index (χ0) is 11.6. The predicted octanol–water partition coefficient (Wildman–Crippen LogP) is 4.51. The van der Waals surface area contributed by atoms with Crippen molar-refractivity contribution >= 4 is 15.9 Å². The molecule has 1 aliphatic rings. The Bertz CT molecular complexity index is 302. The molecule has 0 atom stereocenters. The standard InChI is InChI=1S/C10H12BrF3O/c1-6(2)8-4-3-7(5-9(8)11)15-10(12,13)14/h5-6H,3-4H2,1-2H3. The van der Waals surface area contributed by atoms with E-state index in [0.717, 1.165) is 5.57 Å². The van der Waals surface area contributed by atoms with Crippen molar-refractivity contribution in [1.29, 1.82) is 0 Å². The van der Waals surface area contributed by atoms with Crippen molar-refractivity contribution in [3.05, 3.63) is 21.9 Å². The Morgan fingerprint density at radius 2 is 1.93 bits per heavy atom. The molecule has 0 aromatic rings. The molecule has 1 nitrogen and oxygen atoms in total. The highest BCUT2D eigenvalue weighted by atomic mass is 79.9. The summed E-state index contributed by atoms with van der Waals surface area (Å²) in [6, 6.07) is 0. The lowest BCUT2D eigenvalue weighted by Gasteiger charge is -2.20. The van der Waals surface area contributed by atoms with Gasteiger partial charge < -0.3 is 4.74 Å². The molecule has 5 heteroatoms. The summed E-state index contributed by atoms with van der Waals surface area (Å²) in [5.41, 5.74) is 1.13. The summed E-state index contributed by atoms with van der Waals surface area (Å²) in [5, 5.41) is 0. The van der Waals surface area contributed by atoms with Crippen molar-refractivity contribution in [1.82, 2.24) is 0 Å². The Labute approximate surface area is 95.1 Å². The van der Waals surface area contributed by atoms with Crippen LogP contribution in [0.15, 0.2) is 21.9 Å². The third kappa shape index (κ3) is 3.89. The number of ether oxygens (including phenoxy) is 1. The minimum absolute atomic E-state index is 0.0289. The largest absolute Gasteiger partial charge is 0.572 e. The SMILES string of the molecule is CC(C)C1=C(Br)C=C(OC(F)(F)F)CC1. The molecule has 15 heavy (non-hydrogen) atoms. The second-order valence-corrected chi connectivity index (χ2v) is 4.54. The van der Waals surface area contributed by atoms with Crippen LogP contribution in [0, 0.1) is 5.92 Å². The van der Waals surface area contributed by atoms with Crippen LogP contribution in [0.4, 0.5) is 13.2 Å². The second-order valence-electron chi connectivity index (χ2n) is 3.69. The fourth-order valence-corrected chi connectivity index (χ4v) is 2.39. The number of halogens is 4. The van der Waals surface area contributed by atoms with Gasteiger partial charge in [-0.25, -0.2) is 0 Å². The van der Waals surface area contributed by atoms with Crippen LogP contribution in [0.3, 0.4) is 0 Å². The van der Waals surface area contributed by atoms with Crippen molar-refractivity contribution in [3.63, 3.8) is 0 Å². The average molecular weight is 285 g/mol. The number of hydrogen-bond acceptors (Lipinski definition) is 1. The molecule has 1 rings (SSSR count). The van der Waals surface area contributed by atoms with Gasteiger partial charge in [0.25, 0.3) is 0 Å². The molecule has 0 aromatic carbocycles. The summed E-state index contributed by atoms with van der Waals surface area (Å²) in [7, 11) is 0. The van der Waals surface area contributed by atoms with Crippen molar-refractivity contribution in [2.24, 2.45) is 5.92 Å². The first kappa shape index (κ1) is 12.6. The number of rotatable bonds is 2. The summed E-state index contributed by atoms with van der Waals surface area (Å²) in [5.74, 6) is 0.307. The van der Waals surface area contributed by atoms with Gasteiger partial charge in [0.1, 0.15) is 5.76 Å². The minimum atomic E-state index is -4.59. The van der Waals surface area contributed by atoms with E-state index in [-0.39, 0.29) is 5.76 Å². The first-order valence-electron chi connectivity index (χ1n) is 4.64. The zero-order valence-corrected chi connectivity index (χ0v) is 10.1. The van der Waals surface area contributed by atoms with Crippen LogP contribution in [0.5, 0.6) is 0 Å². The van der Waals surface area contributed by atoms with Crippen LogP contribution in [0.1, 0.15) is 26.7 Å². The molecular formula is C10H12BrF3O. The van der Waals surface area contributed by atoms with Gasteiger partial charge >= 0.3 is 6.36 Å². The summed E-state index contributed by atoms with van der Waals surface area (Å²) >= 11 is 3.26. The molecule has 0 unspecified atom stereocenters. The Morgan fingerprint density at radius 3 is 2.33 bits per heavy atom. The lowest BCUT2D eigenvalue weighted by molar-refractivity contribution is -0.306. The molecule has 0 spiro atoms. The zero-order valence-electron chi connectivity index (χ0n) is 8.49. The number of allylic oxidation sites excluding steroid dienone is 4. The first-order valence-corrected chi connectivity index (χ1v) is 5.44. The molecule has 0 heterocycles. The van der Waals surface area contributed by atoms with Gasteiger partial charge in [-0.2, -0.15) is 0 Å². The Balaban J connectivity index is 2.78. The van der Waals surface area contributed by atoms with Gasteiger partial charge in [0.05, 0.1) is 0 Å². The predicted molar refractivity (Wildman–Crippen MR) is 55.2 cm³/mol. The third-order valence-corrected chi connectivity index (χ3v) is 2.92. The molecule has 0 bridgehead atoms. The van der Waals surface area contributed by atoms with Crippen molar-refractivity contribution in [2.75, 3.05) is 0 Å². The van der Waals surface area contributed by atoms with E-state index in [1.54, 1.807) is 0 Å². The summed E-state index contributed by atoms with van der Waals surface area (Å²) in [6.45, 7) is 4.03. The third-order valence-electron chi connectivity index (χ3n) is 2.18. The van der Waals surface area contributed by atoms with Crippen molar-refractivity contribution < 1.29 is 17.9 Å². The van der Waals surface area contributed by atoms with Crippen molar-refractivity contribution in [3.8, 4) is 0 Å².